The molecule has 0 aromatic heterocycles. The van der Waals surface area contributed by atoms with Crippen molar-refractivity contribution in [3.05, 3.63) is 54.1 Å². The highest BCUT2D eigenvalue weighted by atomic mass is 35.5. The number of nitrogens with one attached hydrogen (secondary N) is 1. The standard InChI is InChI=1S/C17H23N3O2.ClH/c18-15-3-5-16(6-4-15)19-13-14-1-7-17(8-2-14)20(9-11-21)10-12-22;/h1-8,19,21-22H,9-13,18H2;1H. The van der Waals surface area contributed by atoms with Gasteiger partial charge in [-0.05, 0) is 42.0 Å². The molecule has 0 spiro atoms. The molecule has 5 nitrogen and oxygen atoms in total. The van der Waals surface area contributed by atoms with Gasteiger partial charge in [0.15, 0.2) is 0 Å². The summed E-state index contributed by atoms with van der Waals surface area (Å²) >= 11 is 0. The van der Waals surface area contributed by atoms with Crippen LogP contribution in [0.5, 0.6) is 0 Å². The smallest absolute Gasteiger partial charge is 0.0606 e. The lowest BCUT2D eigenvalue weighted by Crippen LogP contribution is -2.29. The van der Waals surface area contributed by atoms with E-state index in [2.05, 4.69) is 5.32 Å². The number of hydrogen-bond acceptors (Lipinski definition) is 5. The van der Waals surface area contributed by atoms with Crippen molar-refractivity contribution >= 4 is 29.5 Å². The highest BCUT2D eigenvalue weighted by Gasteiger charge is 2.05. The van der Waals surface area contributed by atoms with E-state index in [1.807, 2.05) is 53.4 Å². The maximum atomic E-state index is 9.07. The van der Waals surface area contributed by atoms with Gasteiger partial charge < -0.3 is 26.2 Å². The number of aliphatic hydroxyl groups excluding tert-OH is 2. The lowest BCUT2D eigenvalue weighted by molar-refractivity contribution is 0.281. The zero-order valence-electron chi connectivity index (χ0n) is 13.0. The molecule has 0 fully saturated rings. The number of nitrogens with zero attached hydrogens (tertiary/aromatic N) is 1. The normalized spacial score (nSPS) is 10.0. The summed E-state index contributed by atoms with van der Waals surface area (Å²) in [6.07, 6.45) is 0. The average molecular weight is 338 g/mol. The SMILES string of the molecule is Cl.Nc1ccc(NCc2ccc(N(CCO)CCO)cc2)cc1. The van der Waals surface area contributed by atoms with Crippen molar-refractivity contribution < 1.29 is 10.2 Å². The summed E-state index contributed by atoms with van der Waals surface area (Å²) in [5.41, 5.74) is 9.60. The van der Waals surface area contributed by atoms with Gasteiger partial charge in [0.1, 0.15) is 0 Å². The van der Waals surface area contributed by atoms with E-state index in [0.29, 0.717) is 13.1 Å². The molecule has 2 rings (SSSR count). The summed E-state index contributed by atoms with van der Waals surface area (Å²) in [7, 11) is 0. The van der Waals surface area contributed by atoms with E-state index < -0.39 is 0 Å². The molecule has 0 unspecified atom stereocenters. The Morgan fingerprint density at radius 1 is 0.870 bits per heavy atom. The van der Waals surface area contributed by atoms with Crippen LogP contribution in [0, 0.1) is 0 Å². The van der Waals surface area contributed by atoms with Gasteiger partial charge in [0.2, 0.25) is 0 Å². The number of anilines is 3. The van der Waals surface area contributed by atoms with Gasteiger partial charge in [0.05, 0.1) is 13.2 Å². The molecule has 0 heterocycles. The molecule has 0 saturated carbocycles. The third-order valence-corrected chi connectivity index (χ3v) is 3.45. The molecule has 0 aliphatic rings. The lowest BCUT2D eigenvalue weighted by Gasteiger charge is -2.23. The molecule has 23 heavy (non-hydrogen) atoms. The summed E-state index contributed by atoms with van der Waals surface area (Å²) < 4.78 is 0. The van der Waals surface area contributed by atoms with E-state index in [9.17, 15) is 0 Å². The molecule has 0 aliphatic carbocycles. The van der Waals surface area contributed by atoms with Gasteiger partial charge in [0, 0.05) is 36.7 Å². The van der Waals surface area contributed by atoms with E-state index in [1.165, 1.54) is 0 Å². The van der Waals surface area contributed by atoms with Crippen molar-refractivity contribution in [1.29, 1.82) is 0 Å². The first kappa shape index (κ1) is 19.1. The van der Waals surface area contributed by atoms with Gasteiger partial charge in [-0.1, -0.05) is 12.1 Å². The second-order valence-electron chi connectivity index (χ2n) is 5.08. The quantitative estimate of drug-likeness (QED) is 0.555. The topological polar surface area (TPSA) is 81.8 Å². The summed E-state index contributed by atoms with van der Waals surface area (Å²) in [6, 6.07) is 15.7. The fraction of sp³-hybridized carbons (Fsp3) is 0.294. The van der Waals surface area contributed by atoms with E-state index in [4.69, 9.17) is 15.9 Å². The molecule has 6 heteroatoms. The second kappa shape index (κ2) is 9.94. The van der Waals surface area contributed by atoms with Crippen molar-refractivity contribution in [2.24, 2.45) is 0 Å². The van der Waals surface area contributed by atoms with E-state index in [-0.39, 0.29) is 25.6 Å². The van der Waals surface area contributed by atoms with Crippen LogP contribution in [0.2, 0.25) is 0 Å². The van der Waals surface area contributed by atoms with Crippen LogP contribution < -0.4 is 16.0 Å². The van der Waals surface area contributed by atoms with Gasteiger partial charge in [-0.25, -0.2) is 0 Å². The fourth-order valence-corrected chi connectivity index (χ4v) is 2.24. The van der Waals surface area contributed by atoms with Crippen molar-refractivity contribution in [2.75, 3.05) is 42.3 Å². The predicted molar refractivity (Wildman–Crippen MR) is 98.3 cm³/mol. The Labute approximate surface area is 143 Å². The summed E-state index contributed by atoms with van der Waals surface area (Å²) in [5, 5.41) is 21.5. The molecule has 0 saturated heterocycles. The van der Waals surface area contributed by atoms with E-state index in [1.54, 1.807) is 0 Å². The highest BCUT2D eigenvalue weighted by molar-refractivity contribution is 5.85. The first-order valence-corrected chi connectivity index (χ1v) is 7.38. The number of halogens is 1. The third-order valence-electron chi connectivity index (χ3n) is 3.45. The number of hydrogen-bond donors (Lipinski definition) is 4. The van der Waals surface area contributed by atoms with E-state index >= 15 is 0 Å². The average Bonchev–Trinajstić information content (AvgIpc) is 2.55. The largest absolute Gasteiger partial charge is 0.399 e. The Balaban J connectivity index is 0.00000264. The molecule has 126 valence electrons. The molecule has 0 radical (unpaired) electrons. The van der Waals surface area contributed by atoms with Crippen LogP contribution in [-0.4, -0.2) is 36.5 Å². The Kier molecular flexibility index (Phi) is 8.26. The zero-order valence-corrected chi connectivity index (χ0v) is 13.8. The van der Waals surface area contributed by atoms with Crippen molar-refractivity contribution in [3.8, 4) is 0 Å². The van der Waals surface area contributed by atoms with Crippen molar-refractivity contribution in [2.45, 2.75) is 6.54 Å². The minimum Gasteiger partial charge on any atom is -0.399 e. The molecular weight excluding hydrogens is 314 g/mol. The van der Waals surface area contributed by atoms with Gasteiger partial charge in [-0.2, -0.15) is 0 Å². The van der Waals surface area contributed by atoms with Crippen LogP contribution in [0.1, 0.15) is 5.56 Å². The van der Waals surface area contributed by atoms with Gasteiger partial charge >= 0.3 is 0 Å². The van der Waals surface area contributed by atoms with Crippen molar-refractivity contribution in [1.82, 2.24) is 0 Å². The van der Waals surface area contributed by atoms with Crippen LogP contribution in [0.15, 0.2) is 48.5 Å². The molecule has 2 aromatic carbocycles. The van der Waals surface area contributed by atoms with E-state index in [0.717, 1.165) is 29.2 Å². The monoisotopic (exact) mass is 337 g/mol. The summed E-state index contributed by atoms with van der Waals surface area (Å²) in [5.74, 6) is 0. The first-order chi connectivity index (χ1) is 10.7. The van der Waals surface area contributed by atoms with Crippen LogP contribution in [0.25, 0.3) is 0 Å². The van der Waals surface area contributed by atoms with Crippen LogP contribution in [0.4, 0.5) is 17.1 Å². The molecule has 0 atom stereocenters. The number of nitrogen functional groups attached to an aromatic ring is 1. The Morgan fingerprint density at radius 2 is 1.43 bits per heavy atom. The lowest BCUT2D eigenvalue weighted by atomic mass is 10.2. The molecule has 2 aromatic rings. The minimum atomic E-state index is 0. The number of benzene rings is 2. The van der Waals surface area contributed by atoms with Gasteiger partial charge in [-0.15, -0.1) is 12.4 Å². The first-order valence-electron chi connectivity index (χ1n) is 7.38. The van der Waals surface area contributed by atoms with Crippen molar-refractivity contribution in [3.63, 3.8) is 0 Å². The zero-order chi connectivity index (χ0) is 15.8. The van der Waals surface area contributed by atoms with Crippen LogP contribution in [0.3, 0.4) is 0 Å². The summed E-state index contributed by atoms with van der Waals surface area (Å²) in [4.78, 5) is 1.96. The van der Waals surface area contributed by atoms with Gasteiger partial charge in [-0.3, -0.25) is 0 Å². The molecular formula is C17H24ClN3O2. The highest BCUT2D eigenvalue weighted by Crippen LogP contribution is 2.16. The van der Waals surface area contributed by atoms with Gasteiger partial charge in [0.25, 0.3) is 0 Å². The molecule has 0 amide bonds. The fourth-order valence-electron chi connectivity index (χ4n) is 2.24. The maximum absolute atomic E-state index is 9.07. The minimum absolute atomic E-state index is 0. The Hall–Kier alpha value is -1.95. The second-order valence-corrected chi connectivity index (χ2v) is 5.08. The third kappa shape index (κ3) is 5.98. The Bertz CT molecular complexity index is 555. The Morgan fingerprint density at radius 3 is 1.96 bits per heavy atom. The maximum Gasteiger partial charge on any atom is 0.0606 e. The summed E-state index contributed by atoms with van der Waals surface area (Å²) in [6.45, 7) is 1.90. The molecule has 0 bridgehead atoms. The molecule has 5 N–H and O–H groups in total. The predicted octanol–water partition coefficient (Wildman–Crippen LogP) is 2.09. The number of rotatable bonds is 8. The number of nitrogens with two attached hydrogens (primary N) is 1. The number of aliphatic hydroxyl groups is 2. The molecule has 0 aliphatic heterocycles. The van der Waals surface area contributed by atoms with Crippen LogP contribution >= 0.6 is 12.4 Å². The van der Waals surface area contributed by atoms with Crippen LogP contribution in [-0.2, 0) is 6.54 Å².